The summed E-state index contributed by atoms with van der Waals surface area (Å²) in [5, 5.41) is 0. The van der Waals surface area contributed by atoms with E-state index in [2.05, 4.69) is 22.1 Å². The monoisotopic (exact) mass is 268 g/mol. The molecule has 0 saturated heterocycles. The van der Waals surface area contributed by atoms with E-state index in [1.54, 1.807) is 14.2 Å². The van der Waals surface area contributed by atoms with Gasteiger partial charge in [-0.25, -0.2) is 4.98 Å². The van der Waals surface area contributed by atoms with E-state index in [1.165, 1.54) is 5.56 Å². The molecule has 20 heavy (non-hydrogen) atoms. The predicted molar refractivity (Wildman–Crippen MR) is 78.4 cm³/mol. The second-order valence-electron chi connectivity index (χ2n) is 4.54. The molecule has 4 heteroatoms. The minimum absolute atomic E-state index is 0.747. The van der Waals surface area contributed by atoms with Crippen molar-refractivity contribution in [1.29, 1.82) is 0 Å². The summed E-state index contributed by atoms with van der Waals surface area (Å²) in [5.41, 5.74) is 2.89. The van der Waals surface area contributed by atoms with Crippen LogP contribution in [0.15, 0.2) is 42.5 Å². The number of nitrogens with one attached hydrogen (secondary N) is 1. The Labute approximate surface area is 117 Å². The van der Waals surface area contributed by atoms with Gasteiger partial charge >= 0.3 is 0 Å². The molecular formula is C16H16N2O2. The quantitative estimate of drug-likeness (QED) is 0.790. The van der Waals surface area contributed by atoms with Crippen molar-refractivity contribution < 1.29 is 9.47 Å². The van der Waals surface area contributed by atoms with Crippen molar-refractivity contribution in [2.45, 2.75) is 6.42 Å². The molecule has 0 aliphatic heterocycles. The average Bonchev–Trinajstić information content (AvgIpc) is 2.90. The molecule has 102 valence electrons. The van der Waals surface area contributed by atoms with E-state index in [1.807, 2.05) is 30.3 Å². The summed E-state index contributed by atoms with van der Waals surface area (Å²) in [6.45, 7) is 0. The summed E-state index contributed by atoms with van der Waals surface area (Å²) in [4.78, 5) is 7.95. The molecule has 1 N–H and O–H groups in total. The van der Waals surface area contributed by atoms with Crippen LogP contribution in [0.5, 0.6) is 11.5 Å². The molecule has 0 aliphatic carbocycles. The summed E-state index contributed by atoms with van der Waals surface area (Å²) in [7, 11) is 3.30. The lowest BCUT2D eigenvalue weighted by Crippen LogP contribution is -1.89. The lowest BCUT2D eigenvalue weighted by atomic mass is 10.1. The van der Waals surface area contributed by atoms with E-state index in [0.717, 1.165) is 34.8 Å². The summed E-state index contributed by atoms with van der Waals surface area (Å²) in [6.07, 6.45) is 0.752. The number of aromatic amines is 1. The number of nitrogens with zero attached hydrogens (tertiary/aromatic N) is 1. The van der Waals surface area contributed by atoms with Crippen molar-refractivity contribution >= 4 is 11.0 Å². The topological polar surface area (TPSA) is 47.1 Å². The molecule has 1 aromatic heterocycles. The molecule has 4 nitrogen and oxygen atoms in total. The molecule has 0 radical (unpaired) electrons. The number of hydrogen-bond donors (Lipinski definition) is 1. The first-order chi connectivity index (χ1) is 9.81. The predicted octanol–water partition coefficient (Wildman–Crippen LogP) is 3.17. The minimum atomic E-state index is 0.747. The second kappa shape index (κ2) is 5.25. The molecule has 3 aromatic rings. The normalized spacial score (nSPS) is 10.7. The zero-order chi connectivity index (χ0) is 13.9. The van der Waals surface area contributed by atoms with Crippen LogP contribution in [0, 0.1) is 0 Å². The first-order valence-corrected chi connectivity index (χ1v) is 6.45. The first kappa shape index (κ1) is 12.5. The minimum Gasteiger partial charge on any atom is -0.494 e. The van der Waals surface area contributed by atoms with Crippen LogP contribution in [0.25, 0.3) is 11.0 Å². The molecule has 0 fully saturated rings. The summed E-state index contributed by atoms with van der Waals surface area (Å²) >= 11 is 0. The third-order valence-corrected chi connectivity index (χ3v) is 3.27. The molecule has 0 atom stereocenters. The van der Waals surface area contributed by atoms with Crippen LogP contribution in [0.2, 0.25) is 0 Å². The van der Waals surface area contributed by atoms with Gasteiger partial charge in [0, 0.05) is 6.42 Å². The van der Waals surface area contributed by atoms with Crippen molar-refractivity contribution in [3.8, 4) is 11.5 Å². The van der Waals surface area contributed by atoms with Crippen molar-refractivity contribution in [3.05, 3.63) is 53.9 Å². The number of aromatic nitrogens is 2. The highest BCUT2D eigenvalue weighted by Gasteiger charge is 2.12. The molecule has 0 bridgehead atoms. The maximum Gasteiger partial charge on any atom is 0.146 e. The van der Waals surface area contributed by atoms with E-state index >= 15 is 0 Å². The van der Waals surface area contributed by atoms with Gasteiger partial charge < -0.3 is 14.5 Å². The van der Waals surface area contributed by atoms with Gasteiger partial charge in [0.05, 0.1) is 14.2 Å². The number of imidazole rings is 1. The highest BCUT2D eigenvalue weighted by molar-refractivity contribution is 5.87. The highest BCUT2D eigenvalue weighted by Crippen LogP contribution is 2.31. The molecule has 0 amide bonds. The van der Waals surface area contributed by atoms with Crippen LogP contribution < -0.4 is 9.47 Å². The Hall–Kier alpha value is -2.49. The fourth-order valence-corrected chi connectivity index (χ4v) is 2.30. The van der Waals surface area contributed by atoms with Crippen LogP contribution in [0.1, 0.15) is 11.4 Å². The number of benzene rings is 2. The van der Waals surface area contributed by atoms with Gasteiger partial charge in [-0.05, 0) is 17.7 Å². The number of H-pyrrole nitrogens is 1. The van der Waals surface area contributed by atoms with Crippen molar-refractivity contribution in [3.63, 3.8) is 0 Å². The largest absolute Gasteiger partial charge is 0.494 e. The lowest BCUT2D eigenvalue weighted by molar-refractivity contribution is 0.409. The SMILES string of the molecule is COc1ccc(OC)c2[nH]c(Cc3ccccc3)nc12. The smallest absolute Gasteiger partial charge is 0.146 e. The zero-order valence-corrected chi connectivity index (χ0v) is 11.5. The van der Waals surface area contributed by atoms with Crippen molar-refractivity contribution in [1.82, 2.24) is 9.97 Å². The number of methoxy groups -OCH3 is 2. The highest BCUT2D eigenvalue weighted by atomic mass is 16.5. The Morgan fingerprint density at radius 2 is 1.65 bits per heavy atom. The molecule has 1 heterocycles. The molecule has 0 spiro atoms. The van der Waals surface area contributed by atoms with Gasteiger partial charge in [-0.3, -0.25) is 0 Å². The molecule has 3 rings (SSSR count). The van der Waals surface area contributed by atoms with Gasteiger partial charge in [0.25, 0.3) is 0 Å². The molecule has 0 saturated carbocycles. The van der Waals surface area contributed by atoms with Crippen LogP contribution in [-0.4, -0.2) is 24.2 Å². The second-order valence-corrected chi connectivity index (χ2v) is 4.54. The number of rotatable bonds is 4. The van der Waals surface area contributed by atoms with E-state index in [-0.39, 0.29) is 0 Å². The third-order valence-electron chi connectivity index (χ3n) is 3.27. The summed E-state index contributed by atoms with van der Waals surface area (Å²) in [6, 6.07) is 14.0. The Bertz CT molecular complexity index is 679. The number of ether oxygens (including phenoxy) is 2. The van der Waals surface area contributed by atoms with Crippen LogP contribution in [0.4, 0.5) is 0 Å². The Morgan fingerprint density at radius 3 is 2.35 bits per heavy atom. The van der Waals surface area contributed by atoms with E-state index in [9.17, 15) is 0 Å². The van der Waals surface area contributed by atoms with E-state index in [4.69, 9.17) is 9.47 Å². The maximum atomic E-state index is 5.36. The van der Waals surface area contributed by atoms with Gasteiger partial charge in [-0.1, -0.05) is 30.3 Å². The molecule has 2 aromatic carbocycles. The Morgan fingerprint density at radius 1 is 0.950 bits per heavy atom. The van der Waals surface area contributed by atoms with Crippen LogP contribution >= 0.6 is 0 Å². The fourth-order valence-electron chi connectivity index (χ4n) is 2.30. The van der Waals surface area contributed by atoms with Gasteiger partial charge in [0.2, 0.25) is 0 Å². The van der Waals surface area contributed by atoms with Crippen molar-refractivity contribution in [2.24, 2.45) is 0 Å². The maximum absolute atomic E-state index is 5.36. The van der Waals surface area contributed by atoms with E-state index in [0.29, 0.717) is 0 Å². The standard InChI is InChI=1S/C16H16N2O2/c1-19-12-8-9-13(20-2)16-15(12)17-14(18-16)10-11-6-4-3-5-7-11/h3-9H,10H2,1-2H3,(H,17,18). The molecule has 0 aliphatic rings. The first-order valence-electron chi connectivity index (χ1n) is 6.45. The summed E-state index contributed by atoms with van der Waals surface area (Å²) in [5.74, 6) is 2.41. The molecular weight excluding hydrogens is 252 g/mol. The van der Waals surface area contributed by atoms with Crippen molar-refractivity contribution in [2.75, 3.05) is 14.2 Å². The van der Waals surface area contributed by atoms with Gasteiger partial charge in [-0.15, -0.1) is 0 Å². The zero-order valence-electron chi connectivity index (χ0n) is 11.5. The van der Waals surface area contributed by atoms with Gasteiger partial charge in [-0.2, -0.15) is 0 Å². The van der Waals surface area contributed by atoms with Crippen LogP contribution in [0.3, 0.4) is 0 Å². The lowest BCUT2D eigenvalue weighted by Gasteiger charge is -2.04. The average molecular weight is 268 g/mol. The number of fused-ring (bicyclic) bond motifs is 1. The number of hydrogen-bond acceptors (Lipinski definition) is 3. The van der Waals surface area contributed by atoms with E-state index < -0.39 is 0 Å². The van der Waals surface area contributed by atoms with Crippen LogP contribution in [-0.2, 0) is 6.42 Å². The van der Waals surface area contributed by atoms with Gasteiger partial charge in [0.15, 0.2) is 0 Å². The van der Waals surface area contributed by atoms with Gasteiger partial charge in [0.1, 0.15) is 28.4 Å². The molecule has 0 unspecified atom stereocenters. The third kappa shape index (κ3) is 2.20. The Kier molecular flexibility index (Phi) is 3.29. The Balaban J connectivity index is 2.05. The fraction of sp³-hybridized carbons (Fsp3) is 0.188. The summed E-state index contributed by atoms with van der Waals surface area (Å²) < 4.78 is 10.7.